The maximum absolute atomic E-state index is 12.8. The number of nitrogens with one attached hydrogen (secondary N) is 1. The van der Waals surface area contributed by atoms with Crippen LogP contribution in [0, 0.1) is 5.92 Å². The fourth-order valence-electron chi connectivity index (χ4n) is 5.49. The largest absolute Gasteiger partial charge is 0.490 e. The van der Waals surface area contributed by atoms with Crippen molar-refractivity contribution in [2.45, 2.75) is 50.6 Å². The van der Waals surface area contributed by atoms with Gasteiger partial charge in [0.2, 0.25) is 11.8 Å². The van der Waals surface area contributed by atoms with Crippen molar-refractivity contribution in [3.8, 4) is 0 Å². The molecule has 23 heteroatoms. The summed E-state index contributed by atoms with van der Waals surface area (Å²) in [6.45, 7) is 8.17. The van der Waals surface area contributed by atoms with E-state index in [-0.39, 0.29) is 36.3 Å². The van der Waals surface area contributed by atoms with E-state index in [0.717, 1.165) is 38.0 Å². The van der Waals surface area contributed by atoms with Gasteiger partial charge in [-0.1, -0.05) is 6.07 Å². The maximum atomic E-state index is 12.8. The monoisotopic (exact) mass is 828 g/mol. The lowest BCUT2D eigenvalue weighted by molar-refractivity contribution is -0.193. The first-order valence-electron chi connectivity index (χ1n) is 17.6. The van der Waals surface area contributed by atoms with Crippen LogP contribution in [0.1, 0.15) is 54.2 Å². The Kier molecular flexibility index (Phi) is 20.4. The number of rotatable bonds is 17. The van der Waals surface area contributed by atoms with Gasteiger partial charge in [0.1, 0.15) is 0 Å². The molecule has 2 aliphatic rings. The zero-order valence-electron chi connectivity index (χ0n) is 31.2. The number of carbonyl (C=O) groups is 5. The molecule has 0 spiro atoms. The van der Waals surface area contributed by atoms with E-state index in [1.54, 1.807) is 43.7 Å². The lowest BCUT2D eigenvalue weighted by atomic mass is 9.94. The summed E-state index contributed by atoms with van der Waals surface area (Å²) in [6, 6.07) is 3.67. The van der Waals surface area contributed by atoms with Crippen molar-refractivity contribution < 1.29 is 79.5 Å². The fraction of sp³-hybridized carbons (Fsp3) is 0.618. The molecule has 0 bridgehead atoms. The molecule has 17 nitrogen and oxygen atoms in total. The van der Waals surface area contributed by atoms with Gasteiger partial charge in [-0.25, -0.2) is 14.4 Å². The molecule has 2 atom stereocenters. The van der Waals surface area contributed by atoms with Crippen molar-refractivity contribution in [2.75, 3.05) is 79.5 Å². The Morgan fingerprint density at radius 3 is 1.98 bits per heavy atom. The lowest BCUT2D eigenvalue weighted by Crippen LogP contribution is -2.37. The van der Waals surface area contributed by atoms with Crippen molar-refractivity contribution in [1.29, 1.82) is 0 Å². The Bertz CT molecular complexity index is 1530. The van der Waals surface area contributed by atoms with Crippen molar-refractivity contribution in [1.82, 2.24) is 29.9 Å². The number of pyridine rings is 1. The van der Waals surface area contributed by atoms with E-state index < -0.39 is 30.2 Å². The molecule has 2 fully saturated rings. The van der Waals surface area contributed by atoms with Gasteiger partial charge in [0.15, 0.2) is 0 Å². The average Bonchev–Trinajstić information content (AvgIpc) is 3.77. The number of aliphatic carboxylic acids is 2. The summed E-state index contributed by atoms with van der Waals surface area (Å²) in [7, 11) is 1.72. The molecule has 0 unspecified atom stereocenters. The minimum atomic E-state index is -5.08. The number of hydrogen-bond acceptors (Lipinski definition) is 12. The predicted molar refractivity (Wildman–Crippen MR) is 184 cm³/mol. The second-order valence-corrected chi connectivity index (χ2v) is 12.3. The van der Waals surface area contributed by atoms with E-state index in [1.165, 1.54) is 0 Å². The molecule has 4 rings (SSSR count). The predicted octanol–water partition coefficient (Wildman–Crippen LogP) is 2.74. The minimum Gasteiger partial charge on any atom is -0.475 e. The summed E-state index contributed by atoms with van der Waals surface area (Å²) < 4.78 is 87.3. The molecule has 0 aliphatic carbocycles. The Hall–Kier alpha value is -4.87. The number of carboxylic acids is 2. The van der Waals surface area contributed by atoms with Gasteiger partial charge in [0, 0.05) is 58.2 Å². The second-order valence-electron chi connectivity index (χ2n) is 12.3. The fourth-order valence-corrected chi connectivity index (χ4v) is 5.49. The minimum absolute atomic E-state index is 0.0505. The molecule has 0 radical (unpaired) electrons. The third-order valence-electron chi connectivity index (χ3n) is 8.32. The molecule has 320 valence electrons. The van der Waals surface area contributed by atoms with Gasteiger partial charge in [0.05, 0.1) is 76.0 Å². The van der Waals surface area contributed by atoms with Crippen molar-refractivity contribution in [2.24, 2.45) is 5.92 Å². The number of nitrogens with zero attached hydrogens (tertiary/aromatic N) is 5. The SMILES string of the molecule is CCOC(=O)c1cnn(C2CCN(CCOCCOCCOCCNC(=O)[C@H]3CC(=O)N(C)[C@@H]3c3cccnc3)CC2)c1.O=C(O)C(F)(F)F.O=C(O)C(F)(F)F. The highest BCUT2D eigenvalue weighted by Gasteiger charge is 2.43. The Morgan fingerprint density at radius 1 is 0.895 bits per heavy atom. The van der Waals surface area contributed by atoms with Crippen LogP contribution in [0.25, 0.3) is 0 Å². The van der Waals surface area contributed by atoms with Crippen molar-refractivity contribution in [3.05, 3.63) is 48.0 Å². The van der Waals surface area contributed by atoms with E-state index in [4.69, 9.17) is 38.7 Å². The van der Waals surface area contributed by atoms with Crippen LogP contribution in [0.5, 0.6) is 0 Å². The van der Waals surface area contributed by atoms with Crippen LogP contribution in [0.2, 0.25) is 0 Å². The second kappa shape index (κ2) is 24.0. The van der Waals surface area contributed by atoms with E-state index in [2.05, 4.69) is 20.3 Å². The van der Waals surface area contributed by atoms with Gasteiger partial charge in [-0.3, -0.25) is 19.3 Å². The molecular formula is C34H46F6N6O11. The molecule has 2 amide bonds. The number of carbonyl (C=O) groups excluding carboxylic acids is 3. The van der Waals surface area contributed by atoms with Crippen LogP contribution in [0.15, 0.2) is 36.9 Å². The number of likely N-dealkylation sites (tertiary alicyclic amines) is 2. The van der Waals surface area contributed by atoms with E-state index in [0.29, 0.717) is 58.4 Å². The van der Waals surface area contributed by atoms with E-state index >= 15 is 0 Å². The van der Waals surface area contributed by atoms with Gasteiger partial charge < -0.3 is 44.3 Å². The number of halogens is 6. The third-order valence-corrected chi connectivity index (χ3v) is 8.32. The first kappa shape index (κ1) is 48.3. The highest BCUT2D eigenvalue weighted by molar-refractivity contribution is 5.90. The van der Waals surface area contributed by atoms with Gasteiger partial charge in [-0.05, 0) is 31.4 Å². The molecule has 2 aliphatic heterocycles. The van der Waals surface area contributed by atoms with Crippen LogP contribution in [-0.4, -0.2) is 156 Å². The van der Waals surface area contributed by atoms with E-state index in [1.807, 2.05) is 16.8 Å². The molecule has 2 saturated heterocycles. The number of aromatic nitrogens is 3. The van der Waals surface area contributed by atoms with E-state index in [9.17, 15) is 40.7 Å². The normalized spacial score (nSPS) is 17.5. The van der Waals surface area contributed by atoms with Gasteiger partial charge in [0.25, 0.3) is 0 Å². The molecule has 4 heterocycles. The highest BCUT2D eigenvalue weighted by atomic mass is 19.4. The van der Waals surface area contributed by atoms with Gasteiger partial charge in [-0.2, -0.15) is 31.4 Å². The Morgan fingerprint density at radius 2 is 1.46 bits per heavy atom. The summed E-state index contributed by atoms with van der Waals surface area (Å²) in [5, 5.41) is 21.5. The van der Waals surface area contributed by atoms with Crippen LogP contribution in [0.4, 0.5) is 26.3 Å². The number of piperidine rings is 1. The smallest absolute Gasteiger partial charge is 0.475 e. The first-order valence-corrected chi connectivity index (χ1v) is 17.6. The van der Waals surface area contributed by atoms with Crippen LogP contribution >= 0.6 is 0 Å². The summed E-state index contributed by atoms with van der Waals surface area (Å²) in [5.41, 5.74) is 1.35. The topological polar surface area (TPSA) is 212 Å². The number of hydrogen-bond donors (Lipinski definition) is 3. The lowest BCUT2D eigenvalue weighted by Gasteiger charge is -2.31. The number of amides is 2. The molecular weight excluding hydrogens is 782 g/mol. The summed E-state index contributed by atoms with van der Waals surface area (Å²) in [6.07, 6.45) is -1.30. The standard InChI is InChI=1S/C30H44N6O7.2C2HF3O2/c1-3-43-30(39)24-21-33-36(22-24)25-6-10-35(11-7-25)12-14-41-16-18-42-17-15-40-13-9-32-29(38)26-19-27(37)34(2)28(26)23-5-4-8-31-20-23;2*3-2(4,5)1(6)7/h4-5,8,20-22,25-26,28H,3,6-7,9-19H2,1-2H3,(H,32,38);2*(H,6,7)/t26-,28+;;/m0../s1. The quantitative estimate of drug-likeness (QED) is 0.119. The molecule has 2 aromatic rings. The molecule has 0 aromatic carbocycles. The molecule has 3 N–H and O–H groups in total. The first-order chi connectivity index (χ1) is 26.9. The molecule has 0 saturated carbocycles. The van der Waals surface area contributed by atoms with Gasteiger partial charge >= 0.3 is 30.3 Å². The van der Waals surface area contributed by atoms with Crippen molar-refractivity contribution >= 4 is 29.7 Å². The molecule has 57 heavy (non-hydrogen) atoms. The zero-order chi connectivity index (χ0) is 42.6. The van der Waals surface area contributed by atoms with Crippen LogP contribution in [-0.2, 0) is 38.1 Å². The Labute approximate surface area is 323 Å². The zero-order valence-corrected chi connectivity index (χ0v) is 31.2. The average molecular weight is 829 g/mol. The summed E-state index contributed by atoms with van der Waals surface area (Å²) in [5.74, 6) is -6.50. The number of carboxylic acid groups (broad SMARTS) is 2. The summed E-state index contributed by atoms with van der Waals surface area (Å²) in [4.78, 5) is 62.8. The number of esters is 1. The van der Waals surface area contributed by atoms with Crippen molar-refractivity contribution in [3.63, 3.8) is 0 Å². The van der Waals surface area contributed by atoms with Crippen LogP contribution < -0.4 is 5.32 Å². The van der Waals surface area contributed by atoms with Crippen LogP contribution in [0.3, 0.4) is 0 Å². The Balaban J connectivity index is 0.000000682. The maximum Gasteiger partial charge on any atom is 0.490 e. The van der Waals surface area contributed by atoms with Gasteiger partial charge in [-0.15, -0.1) is 0 Å². The third kappa shape index (κ3) is 17.4. The highest BCUT2D eigenvalue weighted by Crippen LogP contribution is 2.36. The number of alkyl halides is 6. The number of ether oxygens (including phenoxy) is 4. The molecule has 2 aromatic heterocycles. The summed E-state index contributed by atoms with van der Waals surface area (Å²) >= 11 is 0.